The molecule has 0 bridgehead atoms. The second-order valence-electron chi connectivity index (χ2n) is 3.52. The quantitative estimate of drug-likeness (QED) is 0.622. The fraction of sp³-hybridized carbons (Fsp3) is 0.0769. The van der Waals surface area contributed by atoms with Crippen molar-refractivity contribution in [3.8, 4) is 5.75 Å². The molecule has 0 radical (unpaired) electrons. The Morgan fingerprint density at radius 1 is 1.06 bits per heavy atom. The number of rotatable bonds is 3. The summed E-state index contributed by atoms with van der Waals surface area (Å²) in [7, 11) is 0. The number of hydrogen-bond acceptors (Lipinski definition) is 3. The molecular formula is C13H13NOS. The first-order valence-electron chi connectivity index (χ1n) is 5.03. The van der Waals surface area contributed by atoms with E-state index in [-0.39, 0.29) is 0 Å². The van der Waals surface area contributed by atoms with Gasteiger partial charge < -0.3 is 9.83 Å². The van der Waals surface area contributed by atoms with Crippen molar-refractivity contribution in [3.63, 3.8) is 0 Å². The number of nitrogens with one attached hydrogen (secondary N) is 1. The lowest BCUT2D eigenvalue weighted by molar-refractivity contribution is 0.471. The second-order valence-corrected chi connectivity index (χ2v) is 4.40. The van der Waals surface area contributed by atoms with Gasteiger partial charge in [-0.2, -0.15) is 0 Å². The van der Waals surface area contributed by atoms with Crippen LogP contribution in [0.3, 0.4) is 0 Å². The molecule has 0 aromatic heterocycles. The molecule has 0 heterocycles. The third-order valence-corrected chi connectivity index (χ3v) is 3.07. The van der Waals surface area contributed by atoms with Crippen molar-refractivity contribution < 1.29 is 5.11 Å². The lowest BCUT2D eigenvalue weighted by Gasteiger charge is -2.06. The number of benzene rings is 2. The Labute approximate surface area is 99.5 Å². The van der Waals surface area contributed by atoms with Crippen LogP contribution in [0.15, 0.2) is 53.4 Å². The van der Waals surface area contributed by atoms with Crippen LogP contribution in [0.1, 0.15) is 5.56 Å². The average molecular weight is 231 g/mol. The van der Waals surface area contributed by atoms with Crippen molar-refractivity contribution in [2.75, 3.05) is 4.72 Å². The Hall–Kier alpha value is -1.61. The predicted octanol–water partition coefficient (Wildman–Crippen LogP) is 3.82. The van der Waals surface area contributed by atoms with Gasteiger partial charge in [-0.25, -0.2) is 0 Å². The second kappa shape index (κ2) is 4.94. The Morgan fingerprint density at radius 3 is 2.50 bits per heavy atom. The summed E-state index contributed by atoms with van der Waals surface area (Å²) in [6.45, 7) is 1.88. The van der Waals surface area contributed by atoms with Crippen LogP contribution in [0.2, 0.25) is 0 Å². The van der Waals surface area contributed by atoms with E-state index in [1.165, 1.54) is 0 Å². The maximum Gasteiger partial charge on any atom is 0.118 e. The maximum absolute atomic E-state index is 9.39. The topological polar surface area (TPSA) is 32.3 Å². The summed E-state index contributed by atoms with van der Waals surface area (Å²) in [5, 5.41) is 9.39. The summed E-state index contributed by atoms with van der Waals surface area (Å²) in [6.07, 6.45) is 0. The number of hydrogen-bond donors (Lipinski definition) is 2. The SMILES string of the molecule is Cc1cc(NSc2ccccc2)ccc1O. The summed E-state index contributed by atoms with van der Waals surface area (Å²) >= 11 is 1.56. The highest BCUT2D eigenvalue weighted by Crippen LogP contribution is 2.24. The minimum atomic E-state index is 0.329. The number of phenolic OH excluding ortho intramolecular Hbond substituents is 1. The molecule has 0 aliphatic rings. The number of phenols is 1. The molecule has 0 aliphatic heterocycles. The van der Waals surface area contributed by atoms with Gasteiger partial charge >= 0.3 is 0 Å². The van der Waals surface area contributed by atoms with E-state index in [2.05, 4.69) is 4.72 Å². The first-order valence-corrected chi connectivity index (χ1v) is 5.85. The van der Waals surface area contributed by atoms with E-state index in [0.29, 0.717) is 5.75 Å². The zero-order valence-corrected chi connectivity index (χ0v) is 9.79. The molecule has 3 heteroatoms. The van der Waals surface area contributed by atoms with E-state index in [4.69, 9.17) is 0 Å². The molecule has 2 rings (SSSR count). The van der Waals surface area contributed by atoms with Crippen molar-refractivity contribution in [1.82, 2.24) is 0 Å². The molecule has 0 atom stereocenters. The summed E-state index contributed by atoms with van der Waals surface area (Å²) < 4.78 is 3.23. The third kappa shape index (κ3) is 2.70. The highest BCUT2D eigenvalue weighted by atomic mass is 32.2. The van der Waals surface area contributed by atoms with Crippen LogP contribution in [-0.2, 0) is 0 Å². The van der Waals surface area contributed by atoms with Gasteiger partial charge in [0.15, 0.2) is 0 Å². The standard InChI is InChI=1S/C13H13NOS/c1-10-9-11(7-8-13(10)15)14-16-12-5-3-2-4-6-12/h2-9,14-15H,1H3. The fourth-order valence-electron chi connectivity index (χ4n) is 1.33. The van der Waals surface area contributed by atoms with Crippen LogP contribution in [0.5, 0.6) is 5.75 Å². The maximum atomic E-state index is 9.39. The smallest absolute Gasteiger partial charge is 0.118 e. The number of anilines is 1. The van der Waals surface area contributed by atoms with E-state index in [1.807, 2.05) is 49.4 Å². The molecule has 16 heavy (non-hydrogen) atoms. The van der Waals surface area contributed by atoms with Crippen molar-refractivity contribution in [3.05, 3.63) is 54.1 Å². The van der Waals surface area contributed by atoms with E-state index >= 15 is 0 Å². The van der Waals surface area contributed by atoms with Gasteiger partial charge in [-0.1, -0.05) is 18.2 Å². The Balaban J connectivity index is 2.03. The van der Waals surface area contributed by atoms with Crippen molar-refractivity contribution in [2.24, 2.45) is 0 Å². The van der Waals surface area contributed by atoms with Gasteiger partial charge in [0, 0.05) is 10.6 Å². The average Bonchev–Trinajstić information content (AvgIpc) is 2.32. The van der Waals surface area contributed by atoms with E-state index in [0.717, 1.165) is 16.1 Å². The summed E-state index contributed by atoms with van der Waals surface area (Å²) in [5.74, 6) is 0.329. The van der Waals surface area contributed by atoms with E-state index < -0.39 is 0 Å². The van der Waals surface area contributed by atoms with Crippen LogP contribution in [-0.4, -0.2) is 5.11 Å². The Bertz CT molecular complexity index is 471. The van der Waals surface area contributed by atoms with Gasteiger partial charge in [-0.15, -0.1) is 0 Å². The van der Waals surface area contributed by atoms with Gasteiger partial charge in [0.25, 0.3) is 0 Å². The van der Waals surface area contributed by atoms with Gasteiger partial charge in [0.05, 0.1) is 0 Å². The zero-order chi connectivity index (χ0) is 11.4. The molecule has 0 spiro atoms. The van der Waals surface area contributed by atoms with Crippen LogP contribution >= 0.6 is 11.9 Å². The molecule has 0 saturated carbocycles. The van der Waals surface area contributed by atoms with Crippen molar-refractivity contribution >= 4 is 17.6 Å². The molecule has 2 N–H and O–H groups in total. The zero-order valence-electron chi connectivity index (χ0n) is 8.97. The lowest BCUT2D eigenvalue weighted by Crippen LogP contribution is -1.87. The summed E-state index contributed by atoms with van der Waals surface area (Å²) in [6, 6.07) is 15.6. The molecular weight excluding hydrogens is 218 g/mol. The van der Waals surface area contributed by atoms with Gasteiger partial charge in [0.2, 0.25) is 0 Å². The molecule has 2 aromatic carbocycles. The summed E-state index contributed by atoms with van der Waals surface area (Å²) in [5.41, 5.74) is 1.86. The summed E-state index contributed by atoms with van der Waals surface area (Å²) in [4.78, 5) is 1.16. The first-order chi connectivity index (χ1) is 7.75. The predicted molar refractivity (Wildman–Crippen MR) is 68.8 cm³/mol. The largest absolute Gasteiger partial charge is 0.508 e. The molecule has 0 unspecified atom stereocenters. The number of aromatic hydroxyl groups is 1. The van der Waals surface area contributed by atoms with Crippen LogP contribution in [0, 0.1) is 6.92 Å². The van der Waals surface area contributed by atoms with Crippen molar-refractivity contribution in [2.45, 2.75) is 11.8 Å². The highest BCUT2D eigenvalue weighted by Gasteiger charge is 1.98. The minimum Gasteiger partial charge on any atom is -0.508 e. The molecule has 0 amide bonds. The minimum absolute atomic E-state index is 0.329. The van der Waals surface area contributed by atoms with Gasteiger partial charge in [0.1, 0.15) is 5.75 Å². The van der Waals surface area contributed by atoms with Gasteiger partial charge in [-0.05, 0) is 54.8 Å². The van der Waals surface area contributed by atoms with Gasteiger partial charge in [-0.3, -0.25) is 0 Å². The molecule has 2 nitrogen and oxygen atoms in total. The van der Waals surface area contributed by atoms with E-state index in [1.54, 1.807) is 18.0 Å². The van der Waals surface area contributed by atoms with Crippen LogP contribution in [0.4, 0.5) is 5.69 Å². The van der Waals surface area contributed by atoms with Crippen LogP contribution in [0.25, 0.3) is 0 Å². The molecule has 0 fully saturated rings. The molecule has 0 aliphatic carbocycles. The fourth-order valence-corrected chi connectivity index (χ4v) is 1.98. The molecule has 82 valence electrons. The third-order valence-electron chi connectivity index (χ3n) is 2.23. The lowest BCUT2D eigenvalue weighted by atomic mass is 10.2. The van der Waals surface area contributed by atoms with E-state index in [9.17, 15) is 5.11 Å². The Morgan fingerprint density at radius 2 is 1.81 bits per heavy atom. The highest BCUT2D eigenvalue weighted by molar-refractivity contribution is 8.00. The number of aryl methyl sites for hydroxylation is 1. The normalized spacial score (nSPS) is 10.1. The molecule has 2 aromatic rings. The monoisotopic (exact) mass is 231 g/mol. The molecule has 0 saturated heterocycles. The van der Waals surface area contributed by atoms with Crippen molar-refractivity contribution in [1.29, 1.82) is 0 Å². The first kappa shape index (κ1) is 10.9. The Kier molecular flexibility index (Phi) is 3.37. The van der Waals surface area contributed by atoms with Crippen LogP contribution < -0.4 is 4.72 Å².